The SMILES string of the molecule is C=CCN1CCCN(C(=O)COc2ccc(F)cc2Cl)CC1. The third-order valence-electron chi connectivity index (χ3n) is 3.57. The molecule has 1 fully saturated rings. The lowest BCUT2D eigenvalue weighted by Crippen LogP contribution is -2.38. The van der Waals surface area contributed by atoms with Crippen LogP contribution < -0.4 is 4.74 Å². The lowest BCUT2D eigenvalue weighted by molar-refractivity contribution is -0.133. The van der Waals surface area contributed by atoms with Crippen LogP contribution in [0.1, 0.15) is 6.42 Å². The first-order chi connectivity index (χ1) is 10.6. The fraction of sp³-hybridized carbons (Fsp3) is 0.438. The smallest absolute Gasteiger partial charge is 0.260 e. The molecule has 0 aromatic heterocycles. The summed E-state index contributed by atoms with van der Waals surface area (Å²) in [6.45, 7) is 7.66. The molecular formula is C16H20ClFN2O2. The monoisotopic (exact) mass is 326 g/mol. The van der Waals surface area contributed by atoms with Crippen molar-refractivity contribution in [2.45, 2.75) is 6.42 Å². The van der Waals surface area contributed by atoms with E-state index in [4.69, 9.17) is 16.3 Å². The summed E-state index contributed by atoms with van der Waals surface area (Å²) in [5.74, 6) is -0.195. The standard InChI is InChI=1S/C16H20ClFN2O2/c1-2-6-19-7-3-8-20(10-9-19)16(21)12-22-15-5-4-13(18)11-14(15)17/h2,4-5,11H,1,3,6-10,12H2. The molecule has 0 N–H and O–H groups in total. The van der Waals surface area contributed by atoms with Gasteiger partial charge in [-0.05, 0) is 24.6 Å². The molecule has 2 rings (SSSR count). The predicted molar refractivity (Wildman–Crippen MR) is 84.7 cm³/mol. The molecule has 4 nitrogen and oxygen atoms in total. The van der Waals surface area contributed by atoms with Gasteiger partial charge < -0.3 is 9.64 Å². The van der Waals surface area contributed by atoms with E-state index in [1.54, 1.807) is 4.90 Å². The molecule has 1 aromatic carbocycles. The first kappa shape index (κ1) is 16.8. The van der Waals surface area contributed by atoms with E-state index in [1.807, 2.05) is 6.08 Å². The Bertz CT molecular complexity index is 539. The summed E-state index contributed by atoms with van der Waals surface area (Å²) in [5, 5.41) is 0.167. The van der Waals surface area contributed by atoms with Gasteiger partial charge in [-0.2, -0.15) is 0 Å². The summed E-state index contributed by atoms with van der Waals surface area (Å²) in [6.07, 6.45) is 2.80. The van der Waals surface area contributed by atoms with Crippen LogP contribution in [0.2, 0.25) is 5.02 Å². The van der Waals surface area contributed by atoms with Crippen molar-refractivity contribution in [3.05, 3.63) is 41.7 Å². The fourth-order valence-electron chi connectivity index (χ4n) is 2.41. The van der Waals surface area contributed by atoms with Gasteiger partial charge in [0.15, 0.2) is 6.61 Å². The number of rotatable bonds is 5. The van der Waals surface area contributed by atoms with Crippen LogP contribution in [-0.4, -0.2) is 55.0 Å². The number of ether oxygens (including phenoxy) is 1. The van der Waals surface area contributed by atoms with Gasteiger partial charge in [-0.15, -0.1) is 6.58 Å². The number of carbonyl (C=O) groups excluding carboxylic acids is 1. The van der Waals surface area contributed by atoms with E-state index in [2.05, 4.69) is 11.5 Å². The first-order valence-electron chi connectivity index (χ1n) is 7.29. The summed E-state index contributed by atoms with van der Waals surface area (Å²) in [7, 11) is 0. The summed E-state index contributed by atoms with van der Waals surface area (Å²) in [6, 6.07) is 3.85. The number of amides is 1. The van der Waals surface area contributed by atoms with Gasteiger partial charge in [-0.1, -0.05) is 17.7 Å². The Morgan fingerprint density at radius 2 is 2.18 bits per heavy atom. The molecule has 0 atom stereocenters. The van der Waals surface area contributed by atoms with Crippen molar-refractivity contribution in [1.29, 1.82) is 0 Å². The zero-order chi connectivity index (χ0) is 15.9. The molecule has 0 radical (unpaired) electrons. The van der Waals surface area contributed by atoms with Crippen LogP contribution in [0.4, 0.5) is 4.39 Å². The van der Waals surface area contributed by atoms with E-state index >= 15 is 0 Å². The van der Waals surface area contributed by atoms with E-state index in [0.717, 1.165) is 26.1 Å². The second-order valence-electron chi connectivity index (χ2n) is 5.19. The molecule has 1 heterocycles. The minimum atomic E-state index is -0.432. The van der Waals surface area contributed by atoms with Crippen LogP contribution in [-0.2, 0) is 4.79 Å². The number of hydrogen-bond donors (Lipinski definition) is 0. The zero-order valence-corrected chi connectivity index (χ0v) is 13.2. The highest BCUT2D eigenvalue weighted by Crippen LogP contribution is 2.24. The summed E-state index contributed by atoms with van der Waals surface area (Å²) in [5.41, 5.74) is 0. The van der Waals surface area contributed by atoms with Gasteiger partial charge in [0.2, 0.25) is 0 Å². The Morgan fingerprint density at radius 1 is 1.36 bits per heavy atom. The number of carbonyl (C=O) groups is 1. The van der Waals surface area contributed by atoms with Gasteiger partial charge in [-0.3, -0.25) is 9.69 Å². The van der Waals surface area contributed by atoms with Crippen molar-refractivity contribution in [2.24, 2.45) is 0 Å². The van der Waals surface area contributed by atoms with Crippen molar-refractivity contribution in [2.75, 3.05) is 39.3 Å². The van der Waals surface area contributed by atoms with Crippen LogP contribution in [0, 0.1) is 5.82 Å². The van der Waals surface area contributed by atoms with Gasteiger partial charge in [0.1, 0.15) is 11.6 Å². The third-order valence-corrected chi connectivity index (χ3v) is 3.87. The fourth-order valence-corrected chi connectivity index (χ4v) is 2.63. The Labute approximate surface area is 135 Å². The number of hydrogen-bond acceptors (Lipinski definition) is 3. The van der Waals surface area contributed by atoms with Crippen molar-refractivity contribution in [3.63, 3.8) is 0 Å². The lowest BCUT2D eigenvalue weighted by Gasteiger charge is -2.21. The molecule has 1 aliphatic rings. The molecule has 6 heteroatoms. The van der Waals surface area contributed by atoms with Crippen LogP contribution in [0.5, 0.6) is 5.75 Å². The molecule has 0 bridgehead atoms. The van der Waals surface area contributed by atoms with Gasteiger partial charge in [0, 0.05) is 32.7 Å². The largest absolute Gasteiger partial charge is 0.482 e. The van der Waals surface area contributed by atoms with Gasteiger partial charge in [-0.25, -0.2) is 4.39 Å². The van der Waals surface area contributed by atoms with Crippen molar-refractivity contribution < 1.29 is 13.9 Å². The highest BCUT2D eigenvalue weighted by Gasteiger charge is 2.19. The summed E-state index contributed by atoms with van der Waals surface area (Å²) < 4.78 is 18.4. The van der Waals surface area contributed by atoms with Crippen molar-refractivity contribution >= 4 is 17.5 Å². The molecule has 22 heavy (non-hydrogen) atoms. The van der Waals surface area contributed by atoms with E-state index in [0.29, 0.717) is 18.8 Å². The molecule has 0 saturated carbocycles. The first-order valence-corrected chi connectivity index (χ1v) is 7.67. The molecule has 1 aliphatic heterocycles. The highest BCUT2D eigenvalue weighted by atomic mass is 35.5. The van der Waals surface area contributed by atoms with Gasteiger partial charge in [0.25, 0.3) is 5.91 Å². The van der Waals surface area contributed by atoms with E-state index in [1.165, 1.54) is 18.2 Å². The molecule has 0 aliphatic carbocycles. The molecule has 1 amide bonds. The van der Waals surface area contributed by atoms with Gasteiger partial charge in [0.05, 0.1) is 5.02 Å². The van der Waals surface area contributed by atoms with E-state index in [-0.39, 0.29) is 17.5 Å². The molecule has 1 saturated heterocycles. The minimum Gasteiger partial charge on any atom is -0.482 e. The predicted octanol–water partition coefficient (Wildman–Crippen LogP) is 2.58. The topological polar surface area (TPSA) is 32.8 Å². The number of nitrogens with zero attached hydrogens (tertiary/aromatic N) is 2. The van der Waals surface area contributed by atoms with Crippen LogP contribution >= 0.6 is 11.6 Å². The van der Waals surface area contributed by atoms with Crippen LogP contribution in [0.15, 0.2) is 30.9 Å². The van der Waals surface area contributed by atoms with Crippen molar-refractivity contribution in [3.8, 4) is 5.75 Å². The maximum atomic E-state index is 13.0. The molecule has 0 unspecified atom stereocenters. The Kier molecular flexibility index (Phi) is 6.21. The zero-order valence-electron chi connectivity index (χ0n) is 12.4. The highest BCUT2D eigenvalue weighted by molar-refractivity contribution is 6.32. The molecule has 0 spiro atoms. The minimum absolute atomic E-state index is 0.0826. The maximum absolute atomic E-state index is 13.0. The van der Waals surface area contributed by atoms with Crippen LogP contribution in [0.25, 0.3) is 0 Å². The maximum Gasteiger partial charge on any atom is 0.260 e. The summed E-state index contributed by atoms with van der Waals surface area (Å²) in [4.78, 5) is 16.3. The van der Waals surface area contributed by atoms with E-state index in [9.17, 15) is 9.18 Å². The Balaban J connectivity index is 1.85. The lowest BCUT2D eigenvalue weighted by atomic mass is 10.3. The van der Waals surface area contributed by atoms with E-state index < -0.39 is 5.82 Å². The Hall–Kier alpha value is -1.59. The molecular weight excluding hydrogens is 307 g/mol. The average Bonchev–Trinajstić information content (AvgIpc) is 2.72. The second-order valence-corrected chi connectivity index (χ2v) is 5.59. The second kappa shape index (κ2) is 8.15. The summed E-state index contributed by atoms with van der Waals surface area (Å²) >= 11 is 5.87. The number of halogens is 2. The molecule has 120 valence electrons. The third kappa shape index (κ3) is 4.71. The Morgan fingerprint density at radius 3 is 2.91 bits per heavy atom. The van der Waals surface area contributed by atoms with Crippen molar-refractivity contribution in [1.82, 2.24) is 9.80 Å². The normalized spacial score (nSPS) is 16.2. The molecule has 1 aromatic rings. The van der Waals surface area contributed by atoms with Crippen LogP contribution in [0.3, 0.4) is 0 Å². The number of benzene rings is 1. The van der Waals surface area contributed by atoms with Gasteiger partial charge >= 0.3 is 0 Å². The average molecular weight is 327 g/mol. The quantitative estimate of drug-likeness (QED) is 0.780.